The minimum atomic E-state index is -0.419. The molecule has 1 aromatic carbocycles. The van der Waals surface area contributed by atoms with Gasteiger partial charge in [-0.1, -0.05) is 13.3 Å². The Morgan fingerprint density at radius 2 is 2.00 bits per heavy atom. The lowest BCUT2D eigenvalue weighted by Gasteiger charge is -2.34. The van der Waals surface area contributed by atoms with Crippen molar-refractivity contribution >= 4 is 5.91 Å². The number of nitrogens with two attached hydrogens (primary N) is 2. The van der Waals surface area contributed by atoms with Crippen molar-refractivity contribution in [1.29, 1.82) is 0 Å². The normalized spacial score (nSPS) is 26.9. The van der Waals surface area contributed by atoms with E-state index in [9.17, 15) is 4.79 Å². The molecule has 0 spiro atoms. The van der Waals surface area contributed by atoms with E-state index in [0.29, 0.717) is 23.9 Å². The summed E-state index contributed by atoms with van der Waals surface area (Å²) in [6, 6.07) is 6.99. The molecule has 4 heteroatoms. The molecule has 1 fully saturated rings. The molecular formula is C15H22N2O2. The van der Waals surface area contributed by atoms with Crippen LogP contribution in [0.15, 0.2) is 24.3 Å². The Bertz CT molecular complexity index is 430. The molecule has 0 bridgehead atoms. The number of benzene rings is 1. The molecule has 4 N–H and O–H groups in total. The second-order valence-corrected chi connectivity index (χ2v) is 5.46. The number of hydrogen-bond donors (Lipinski definition) is 2. The Balaban J connectivity index is 2.04. The maximum Gasteiger partial charge on any atom is 0.248 e. The highest BCUT2D eigenvalue weighted by atomic mass is 16.5. The minimum absolute atomic E-state index is 0.174. The average molecular weight is 262 g/mol. The summed E-state index contributed by atoms with van der Waals surface area (Å²) in [4.78, 5) is 11.0. The van der Waals surface area contributed by atoms with Crippen LogP contribution in [0.4, 0.5) is 0 Å². The maximum absolute atomic E-state index is 11.0. The number of hydrogen-bond acceptors (Lipinski definition) is 3. The van der Waals surface area contributed by atoms with E-state index in [1.54, 1.807) is 24.3 Å². The van der Waals surface area contributed by atoms with Gasteiger partial charge >= 0.3 is 0 Å². The maximum atomic E-state index is 11.0. The summed E-state index contributed by atoms with van der Waals surface area (Å²) in [5.41, 5.74) is 11.5. The Labute approximate surface area is 114 Å². The first-order chi connectivity index (χ1) is 9.10. The third-order valence-electron chi connectivity index (χ3n) is 3.92. The summed E-state index contributed by atoms with van der Waals surface area (Å²) in [5, 5.41) is 0. The van der Waals surface area contributed by atoms with Crippen molar-refractivity contribution < 1.29 is 9.53 Å². The number of amides is 1. The molecule has 1 aliphatic carbocycles. The summed E-state index contributed by atoms with van der Waals surface area (Å²) < 4.78 is 6.03. The van der Waals surface area contributed by atoms with Gasteiger partial charge in [0.25, 0.3) is 0 Å². The summed E-state index contributed by atoms with van der Waals surface area (Å²) in [5.74, 6) is 1.46. The van der Waals surface area contributed by atoms with Gasteiger partial charge < -0.3 is 16.2 Å². The van der Waals surface area contributed by atoms with E-state index >= 15 is 0 Å². The third-order valence-corrected chi connectivity index (χ3v) is 3.92. The van der Waals surface area contributed by atoms with Crippen LogP contribution < -0.4 is 16.2 Å². The summed E-state index contributed by atoms with van der Waals surface area (Å²) >= 11 is 0. The Morgan fingerprint density at radius 3 is 2.58 bits per heavy atom. The minimum Gasteiger partial charge on any atom is -0.490 e. The molecule has 0 heterocycles. The standard InChI is InChI=1S/C15H22N2O2/c1-10-2-3-12(9-16)14(8-10)19-13-6-4-11(5-7-13)15(17)18/h4-7,10,12,14H,2-3,8-9,16H2,1H3,(H2,17,18). The van der Waals surface area contributed by atoms with Crippen LogP contribution >= 0.6 is 0 Å². The molecule has 0 saturated heterocycles. The number of carbonyl (C=O) groups excluding carboxylic acids is 1. The van der Waals surface area contributed by atoms with Gasteiger partial charge in [0.05, 0.1) is 0 Å². The second kappa shape index (κ2) is 6.06. The lowest BCUT2D eigenvalue weighted by Crippen LogP contribution is -2.37. The highest BCUT2D eigenvalue weighted by Crippen LogP contribution is 2.31. The summed E-state index contributed by atoms with van der Waals surface area (Å²) in [6.07, 6.45) is 3.57. The lowest BCUT2D eigenvalue weighted by molar-refractivity contribution is 0.0742. The largest absolute Gasteiger partial charge is 0.490 e. The van der Waals surface area contributed by atoms with Crippen molar-refractivity contribution in [1.82, 2.24) is 0 Å². The van der Waals surface area contributed by atoms with E-state index in [2.05, 4.69) is 6.92 Å². The highest BCUT2D eigenvalue weighted by molar-refractivity contribution is 5.92. The molecule has 2 rings (SSSR count). The molecule has 1 aromatic rings. The van der Waals surface area contributed by atoms with Gasteiger partial charge in [-0.3, -0.25) is 4.79 Å². The summed E-state index contributed by atoms with van der Waals surface area (Å²) in [7, 11) is 0. The lowest BCUT2D eigenvalue weighted by atomic mass is 9.80. The van der Waals surface area contributed by atoms with Crippen molar-refractivity contribution in [2.75, 3.05) is 6.54 Å². The Morgan fingerprint density at radius 1 is 1.32 bits per heavy atom. The molecule has 4 nitrogen and oxygen atoms in total. The number of carbonyl (C=O) groups is 1. The first-order valence-electron chi connectivity index (χ1n) is 6.86. The van der Waals surface area contributed by atoms with Crippen LogP contribution in [0.25, 0.3) is 0 Å². The monoisotopic (exact) mass is 262 g/mol. The molecule has 1 aliphatic rings. The van der Waals surface area contributed by atoms with E-state index in [-0.39, 0.29) is 6.10 Å². The molecule has 1 amide bonds. The third kappa shape index (κ3) is 3.47. The van der Waals surface area contributed by atoms with Crippen LogP contribution in [0, 0.1) is 11.8 Å². The Kier molecular flexibility index (Phi) is 4.43. The van der Waals surface area contributed by atoms with Gasteiger partial charge in [-0.05, 0) is 49.6 Å². The smallest absolute Gasteiger partial charge is 0.248 e. The number of ether oxygens (including phenoxy) is 1. The fraction of sp³-hybridized carbons (Fsp3) is 0.533. The SMILES string of the molecule is CC1CCC(CN)C(Oc2ccc(C(N)=O)cc2)C1. The van der Waals surface area contributed by atoms with Crippen molar-refractivity contribution in [3.05, 3.63) is 29.8 Å². The van der Waals surface area contributed by atoms with E-state index in [0.717, 1.165) is 18.6 Å². The van der Waals surface area contributed by atoms with E-state index in [1.165, 1.54) is 6.42 Å². The van der Waals surface area contributed by atoms with Gasteiger partial charge in [0, 0.05) is 11.5 Å². The zero-order valence-corrected chi connectivity index (χ0v) is 11.3. The molecule has 0 radical (unpaired) electrons. The fourth-order valence-corrected chi connectivity index (χ4v) is 2.68. The second-order valence-electron chi connectivity index (χ2n) is 5.46. The van der Waals surface area contributed by atoms with Gasteiger partial charge in [0.2, 0.25) is 5.91 Å². The quantitative estimate of drug-likeness (QED) is 0.870. The Hall–Kier alpha value is -1.55. The first-order valence-corrected chi connectivity index (χ1v) is 6.86. The predicted molar refractivity (Wildman–Crippen MR) is 74.9 cm³/mol. The molecule has 0 aromatic heterocycles. The van der Waals surface area contributed by atoms with Gasteiger partial charge in [-0.25, -0.2) is 0 Å². The van der Waals surface area contributed by atoms with Gasteiger partial charge in [0.15, 0.2) is 0 Å². The van der Waals surface area contributed by atoms with Crippen molar-refractivity contribution in [3.8, 4) is 5.75 Å². The van der Waals surface area contributed by atoms with Crippen LogP contribution in [-0.2, 0) is 0 Å². The van der Waals surface area contributed by atoms with Crippen LogP contribution in [0.5, 0.6) is 5.75 Å². The molecule has 19 heavy (non-hydrogen) atoms. The van der Waals surface area contributed by atoms with Crippen LogP contribution in [0.3, 0.4) is 0 Å². The number of primary amides is 1. The van der Waals surface area contributed by atoms with Crippen LogP contribution in [-0.4, -0.2) is 18.6 Å². The molecule has 0 aliphatic heterocycles. The summed E-state index contributed by atoms with van der Waals surface area (Å²) in [6.45, 7) is 2.91. The number of rotatable bonds is 4. The average Bonchev–Trinajstić information content (AvgIpc) is 2.39. The molecule has 3 atom stereocenters. The molecule has 1 saturated carbocycles. The topological polar surface area (TPSA) is 78.3 Å². The molecular weight excluding hydrogens is 240 g/mol. The predicted octanol–water partition coefficient (Wildman–Crippen LogP) is 1.93. The van der Waals surface area contributed by atoms with Gasteiger partial charge in [-0.2, -0.15) is 0 Å². The van der Waals surface area contributed by atoms with E-state index < -0.39 is 5.91 Å². The molecule has 3 unspecified atom stereocenters. The van der Waals surface area contributed by atoms with Crippen molar-refractivity contribution in [2.45, 2.75) is 32.3 Å². The van der Waals surface area contributed by atoms with E-state index in [1.807, 2.05) is 0 Å². The zero-order valence-electron chi connectivity index (χ0n) is 11.3. The van der Waals surface area contributed by atoms with Gasteiger partial charge in [-0.15, -0.1) is 0 Å². The van der Waals surface area contributed by atoms with Gasteiger partial charge in [0.1, 0.15) is 11.9 Å². The van der Waals surface area contributed by atoms with Crippen LogP contribution in [0.1, 0.15) is 36.5 Å². The van der Waals surface area contributed by atoms with Crippen molar-refractivity contribution in [2.24, 2.45) is 23.3 Å². The van der Waals surface area contributed by atoms with E-state index in [4.69, 9.17) is 16.2 Å². The first kappa shape index (κ1) is 13.9. The molecule has 104 valence electrons. The fourth-order valence-electron chi connectivity index (χ4n) is 2.68. The zero-order chi connectivity index (χ0) is 13.8. The van der Waals surface area contributed by atoms with Crippen LogP contribution in [0.2, 0.25) is 0 Å². The van der Waals surface area contributed by atoms with Crippen molar-refractivity contribution in [3.63, 3.8) is 0 Å². The highest BCUT2D eigenvalue weighted by Gasteiger charge is 2.29.